The van der Waals surface area contributed by atoms with Crippen LogP contribution in [0.2, 0.25) is 0 Å². The van der Waals surface area contributed by atoms with Crippen LogP contribution in [-0.4, -0.2) is 66.3 Å². The Morgan fingerprint density at radius 1 is 1.33 bits per heavy atom. The van der Waals surface area contributed by atoms with Crippen LogP contribution in [0, 0.1) is 0 Å². The minimum atomic E-state index is -0.108. The van der Waals surface area contributed by atoms with E-state index < -0.39 is 0 Å². The van der Waals surface area contributed by atoms with Crippen LogP contribution in [-0.2, 0) is 0 Å². The molecule has 0 spiro atoms. The first-order valence-corrected chi connectivity index (χ1v) is 7.10. The van der Waals surface area contributed by atoms with E-state index in [1.807, 2.05) is 13.8 Å². The van der Waals surface area contributed by atoms with Gasteiger partial charge >= 0.3 is 6.03 Å². The molecule has 0 radical (unpaired) electrons. The van der Waals surface area contributed by atoms with Gasteiger partial charge in [-0.25, -0.2) is 4.79 Å². The van der Waals surface area contributed by atoms with Gasteiger partial charge in [-0.05, 0) is 39.7 Å². The zero-order valence-corrected chi connectivity index (χ0v) is 11.7. The lowest BCUT2D eigenvalue weighted by Crippen LogP contribution is -2.41. The molecule has 0 aromatic carbocycles. The normalized spacial score (nSPS) is 17.7. The van der Waals surface area contributed by atoms with Gasteiger partial charge in [0, 0.05) is 32.7 Å². The fourth-order valence-corrected chi connectivity index (χ4v) is 2.26. The number of carbonyl (C=O) groups excluding carboxylic acids is 1. The van der Waals surface area contributed by atoms with E-state index in [0.717, 1.165) is 58.5 Å². The highest BCUT2D eigenvalue weighted by molar-refractivity contribution is 5.73. The van der Waals surface area contributed by atoms with Crippen LogP contribution in [0.4, 0.5) is 4.79 Å². The summed E-state index contributed by atoms with van der Waals surface area (Å²) in [6.07, 6.45) is 2.63. The monoisotopic (exact) mass is 257 g/mol. The standard InChI is InChI=1S/C13H27N3O2/c1-3-16(4-2)13(18)14-8-5-9-15-10-6-12(17)7-11-15/h12,17H,3-11H2,1-2H3,(H,14,18). The number of nitrogens with zero attached hydrogens (tertiary/aromatic N) is 2. The van der Waals surface area contributed by atoms with Gasteiger partial charge in [-0.1, -0.05) is 0 Å². The SMILES string of the molecule is CCN(CC)C(=O)NCCCN1CCC(O)CC1. The first kappa shape index (κ1) is 15.2. The third-order valence-electron chi connectivity index (χ3n) is 3.54. The van der Waals surface area contributed by atoms with Gasteiger partial charge in [0.1, 0.15) is 0 Å². The maximum absolute atomic E-state index is 11.7. The molecule has 0 aromatic rings. The summed E-state index contributed by atoms with van der Waals surface area (Å²) in [6, 6.07) is 0.0362. The number of piperidine rings is 1. The second-order valence-corrected chi connectivity index (χ2v) is 4.83. The van der Waals surface area contributed by atoms with Crippen LogP contribution in [0.25, 0.3) is 0 Å². The Hall–Kier alpha value is -0.810. The summed E-state index contributed by atoms with van der Waals surface area (Å²) in [7, 11) is 0. The summed E-state index contributed by atoms with van der Waals surface area (Å²) < 4.78 is 0. The van der Waals surface area contributed by atoms with Gasteiger partial charge in [0.25, 0.3) is 0 Å². The average Bonchev–Trinajstić information content (AvgIpc) is 2.38. The molecule has 1 aliphatic heterocycles. The minimum absolute atomic E-state index is 0.0362. The fourth-order valence-electron chi connectivity index (χ4n) is 2.26. The molecule has 2 amide bonds. The number of carbonyl (C=O) groups is 1. The van der Waals surface area contributed by atoms with Gasteiger partial charge in [-0.3, -0.25) is 0 Å². The molecule has 5 nitrogen and oxygen atoms in total. The Morgan fingerprint density at radius 2 is 1.94 bits per heavy atom. The molecule has 0 aromatic heterocycles. The quantitative estimate of drug-likeness (QED) is 0.695. The molecular weight excluding hydrogens is 230 g/mol. The third-order valence-corrected chi connectivity index (χ3v) is 3.54. The summed E-state index contributed by atoms with van der Waals surface area (Å²) in [6.45, 7) is 9.18. The number of likely N-dealkylation sites (tertiary alicyclic amines) is 1. The van der Waals surface area contributed by atoms with E-state index in [4.69, 9.17) is 0 Å². The molecule has 1 saturated heterocycles. The van der Waals surface area contributed by atoms with E-state index in [-0.39, 0.29) is 12.1 Å². The summed E-state index contributed by atoms with van der Waals surface area (Å²) in [5.74, 6) is 0. The molecule has 0 bridgehead atoms. The van der Waals surface area contributed by atoms with Gasteiger partial charge in [0.05, 0.1) is 6.10 Å². The number of aliphatic hydroxyl groups excluding tert-OH is 1. The Kier molecular flexibility index (Phi) is 7.05. The molecule has 1 rings (SSSR count). The van der Waals surface area contributed by atoms with Crippen molar-refractivity contribution >= 4 is 6.03 Å². The van der Waals surface area contributed by atoms with Crippen molar-refractivity contribution in [3.05, 3.63) is 0 Å². The van der Waals surface area contributed by atoms with Crippen molar-refractivity contribution in [3.63, 3.8) is 0 Å². The predicted octanol–water partition coefficient (Wildman–Crippen LogP) is 0.885. The van der Waals surface area contributed by atoms with Gasteiger partial charge in [0.15, 0.2) is 0 Å². The molecule has 1 heterocycles. The lowest BCUT2D eigenvalue weighted by atomic mass is 10.1. The van der Waals surface area contributed by atoms with E-state index in [2.05, 4.69) is 10.2 Å². The van der Waals surface area contributed by atoms with Gasteiger partial charge in [-0.15, -0.1) is 0 Å². The van der Waals surface area contributed by atoms with Gasteiger partial charge < -0.3 is 20.2 Å². The highest BCUT2D eigenvalue weighted by atomic mass is 16.3. The fraction of sp³-hybridized carbons (Fsp3) is 0.923. The molecule has 1 aliphatic rings. The molecule has 1 fully saturated rings. The smallest absolute Gasteiger partial charge is 0.317 e. The maximum atomic E-state index is 11.7. The minimum Gasteiger partial charge on any atom is -0.393 e. The molecule has 0 unspecified atom stereocenters. The third kappa shape index (κ3) is 5.23. The van der Waals surface area contributed by atoms with Crippen molar-refractivity contribution < 1.29 is 9.90 Å². The van der Waals surface area contributed by atoms with Crippen LogP contribution in [0.15, 0.2) is 0 Å². The Morgan fingerprint density at radius 3 is 2.50 bits per heavy atom. The largest absolute Gasteiger partial charge is 0.393 e. The lowest BCUT2D eigenvalue weighted by Gasteiger charge is -2.29. The summed E-state index contributed by atoms with van der Waals surface area (Å²) in [5.41, 5.74) is 0. The molecule has 0 saturated carbocycles. The van der Waals surface area contributed by atoms with Gasteiger partial charge in [-0.2, -0.15) is 0 Å². The Bertz CT molecular complexity index is 236. The number of rotatable bonds is 6. The molecule has 2 N–H and O–H groups in total. The number of nitrogens with one attached hydrogen (secondary N) is 1. The van der Waals surface area contributed by atoms with Crippen molar-refractivity contribution in [3.8, 4) is 0 Å². The van der Waals surface area contributed by atoms with Crippen LogP contribution in [0.5, 0.6) is 0 Å². The van der Waals surface area contributed by atoms with Crippen molar-refractivity contribution in [2.45, 2.75) is 39.2 Å². The lowest BCUT2D eigenvalue weighted by molar-refractivity contribution is 0.0821. The first-order chi connectivity index (χ1) is 8.67. The van der Waals surface area contributed by atoms with E-state index in [1.165, 1.54) is 0 Å². The van der Waals surface area contributed by atoms with Crippen LogP contribution in [0.3, 0.4) is 0 Å². The number of aliphatic hydroxyl groups is 1. The number of amides is 2. The van der Waals surface area contributed by atoms with E-state index >= 15 is 0 Å². The topological polar surface area (TPSA) is 55.8 Å². The molecular formula is C13H27N3O2. The highest BCUT2D eigenvalue weighted by Gasteiger charge is 2.16. The zero-order valence-electron chi connectivity index (χ0n) is 11.7. The molecule has 0 atom stereocenters. The zero-order chi connectivity index (χ0) is 13.4. The predicted molar refractivity (Wildman–Crippen MR) is 72.6 cm³/mol. The molecule has 106 valence electrons. The Labute approximate surface area is 110 Å². The molecule has 0 aliphatic carbocycles. The van der Waals surface area contributed by atoms with Gasteiger partial charge in [0.2, 0.25) is 0 Å². The number of hydrogen-bond donors (Lipinski definition) is 2. The first-order valence-electron chi connectivity index (χ1n) is 7.10. The van der Waals surface area contributed by atoms with Crippen molar-refractivity contribution in [1.82, 2.24) is 15.1 Å². The number of hydrogen-bond acceptors (Lipinski definition) is 3. The highest BCUT2D eigenvalue weighted by Crippen LogP contribution is 2.09. The average molecular weight is 257 g/mol. The Balaban J connectivity index is 2.06. The molecule has 18 heavy (non-hydrogen) atoms. The summed E-state index contributed by atoms with van der Waals surface area (Å²) in [5, 5.41) is 12.3. The maximum Gasteiger partial charge on any atom is 0.317 e. The second-order valence-electron chi connectivity index (χ2n) is 4.83. The van der Waals surface area contributed by atoms with E-state index in [0.29, 0.717) is 0 Å². The second kappa shape index (κ2) is 8.32. The summed E-state index contributed by atoms with van der Waals surface area (Å²) in [4.78, 5) is 15.8. The van der Waals surface area contributed by atoms with E-state index in [1.54, 1.807) is 4.90 Å². The van der Waals surface area contributed by atoms with Crippen molar-refractivity contribution in [2.75, 3.05) is 39.3 Å². The summed E-state index contributed by atoms with van der Waals surface area (Å²) >= 11 is 0. The van der Waals surface area contributed by atoms with Crippen molar-refractivity contribution in [1.29, 1.82) is 0 Å². The van der Waals surface area contributed by atoms with Crippen LogP contribution >= 0.6 is 0 Å². The van der Waals surface area contributed by atoms with E-state index in [9.17, 15) is 9.90 Å². The van der Waals surface area contributed by atoms with Crippen LogP contribution in [0.1, 0.15) is 33.1 Å². The number of urea groups is 1. The van der Waals surface area contributed by atoms with Crippen molar-refractivity contribution in [2.24, 2.45) is 0 Å². The van der Waals surface area contributed by atoms with Crippen LogP contribution < -0.4 is 5.32 Å². The molecule has 5 heteroatoms.